The van der Waals surface area contributed by atoms with Gasteiger partial charge in [0.25, 0.3) is 11.1 Å². The first-order chi connectivity index (χ1) is 12.8. The van der Waals surface area contributed by atoms with Crippen LogP contribution in [0.2, 0.25) is 0 Å². The monoisotopic (exact) mass is 389 g/mol. The molecule has 0 N–H and O–H groups in total. The highest BCUT2D eigenvalue weighted by Gasteiger charge is 2.41. The summed E-state index contributed by atoms with van der Waals surface area (Å²) in [4.78, 5) is 49.9. The zero-order valence-electron chi connectivity index (χ0n) is 15.4. The van der Waals surface area contributed by atoms with Crippen molar-refractivity contribution in [1.82, 2.24) is 14.0 Å². The van der Waals surface area contributed by atoms with Gasteiger partial charge in [0.05, 0.1) is 22.5 Å². The van der Waals surface area contributed by atoms with Crippen LogP contribution in [0.15, 0.2) is 27.9 Å². The van der Waals surface area contributed by atoms with Gasteiger partial charge in [0.1, 0.15) is 6.04 Å². The maximum Gasteiger partial charge on any atom is 0.329 e. The Morgan fingerprint density at radius 3 is 2.52 bits per heavy atom. The summed E-state index contributed by atoms with van der Waals surface area (Å²) >= 11 is 0.775. The Morgan fingerprint density at radius 1 is 1.19 bits per heavy atom. The molecule has 0 aliphatic carbocycles. The van der Waals surface area contributed by atoms with E-state index >= 15 is 0 Å². The molecule has 2 aromatic rings. The van der Waals surface area contributed by atoms with Crippen LogP contribution < -0.4 is 5.69 Å². The standard InChI is InChI=1S/C18H19N3O5S/c1-5-26-16(23)10(2)21-15(22)14(27-18(21)25)9-11-6-7-12-13(8-11)20(4)17(24)19(12)3/h6-10H,5H2,1-4H3. The van der Waals surface area contributed by atoms with Crippen LogP contribution in [0.4, 0.5) is 4.79 Å². The Labute approximate surface area is 159 Å². The number of benzene rings is 1. The Morgan fingerprint density at radius 2 is 1.85 bits per heavy atom. The van der Waals surface area contributed by atoms with Gasteiger partial charge in [-0.2, -0.15) is 0 Å². The molecule has 2 heterocycles. The van der Waals surface area contributed by atoms with Crippen LogP contribution in [0.1, 0.15) is 19.4 Å². The highest BCUT2D eigenvalue weighted by atomic mass is 32.2. The first kappa shape index (κ1) is 19.0. The molecule has 1 aliphatic rings. The summed E-state index contributed by atoms with van der Waals surface area (Å²) in [6.45, 7) is 3.29. The molecule has 1 aliphatic heterocycles. The summed E-state index contributed by atoms with van der Waals surface area (Å²) in [6.07, 6.45) is 1.58. The number of carbonyl (C=O) groups is 3. The lowest BCUT2D eigenvalue weighted by atomic mass is 10.1. The van der Waals surface area contributed by atoms with Gasteiger partial charge in [0, 0.05) is 14.1 Å². The number of thioether (sulfide) groups is 1. The molecule has 1 aromatic carbocycles. The molecule has 0 radical (unpaired) electrons. The van der Waals surface area contributed by atoms with Crippen LogP contribution in [-0.4, -0.2) is 43.8 Å². The van der Waals surface area contributed by atoms with E-state index in [9.17, 15) is 19.2 Å². The Kier molecular flexibility index (Phi) is 4.97. The molecule has 0 saturated carbocycles. The van der Waals surface area contributed by atoms with Crippen LogP contribution in [0.25, 0.3) is 17.1 Å². The Hall–Kier alpha value is -2.81. The van der Waals surface area contributed by atoms with Crippen molar-refractivity contribution >= 4 is 46.0 Å². The van der Waals surface area contributed by atoms with Crippen molar-refractivity contribution in [2.75, 3.05) is 6.61 Å². The van der Waals surface area contributed by atoms with Crippen LogP contribution in [-0.2, 0) is 28.4 Å². The maximum atomic E-state index is 12.6. The van der Waals surface area contributed by atoms with E-state index in [1.165, 1.54) is 16.1 Å². The van der Waals surface area contributed by atoms with Crippen LogP contribution in [0, 0.1) is 0 Å². The van der Waals surface area contributed by atoms with Crippen LogP contribution in [0.5, 0.6) is 0 Å². The second-order valence-electron chi connectivity index (χ2n) is 6.13. The van der Waals surface area contributed by atoms with E-state index in [1.54, 1.807) is 45.3 Å². The normalized spacial score (nSPS) is 17.2. The van der Waals surface area contributed by atoms with Crippen LogP contribution in [0.3, 0.4) is 0 Å². The third-order valence-corrected chi connectivity index (χ3v) is 5.32. The second-order valence-corrected chi connectivity index (χ2v) is 7.12. The number of fused-ring (bicyclic) bond motifs is 1. The number of amides is 2. The number of aryl methyl sites for hydroxylation is 2. The fourth-order valence-electron chi connectivity index (χ4n) is 2.95. The molecule has 8 nitrogen and oxygen atoms in total. The molecule has 2 amide bonds. The lowest BCUT2D eigenvalue weighted by Gasteiger charge is -2.19. The molecule has 1 aromatic heterocycles. The zero-order chi connectivity index (χ0) is 19.9. The number of aromatic nitrogens is 2. The number of imide groups is 1. The van der Waals surface area contributed by atoms with E-state index in [2.05, 4.69) is 0 Å². The SMILES string of the molecule is CCOC(=O)C(C)N1C(=O)SC(=Cc2ccc3c(c2)n(C)c(=O)n3C)C1=O. The van der Waals surface area contributed by atoms with E-state index < -0.39 is 23.2 Å². The molecule has 0 bridgehead atoms. The van der Waals surface area contributed by atoms with Gasteiger partial charge in [0.15, 0.2) is 0 Å². The highest BCUT2D eigenvalue weighted by molar-refractivity contribution is 8.18. The van der Waals surface area contributed by atoms with Crippen molar-refractivity contribution in [3.8, 4) is 0 Å². The van der Waals surface area contributed by atoms with Crippen molar-refractivity contribution in [1.29, 1.82) is 0 Å². The van der Waals surface area contributed by atoms with Gasteiger partial charge in [-0.25, -0.2) is 9.59 Å². The number of esters is 1. The number of rotatable bonds is 4. The van der Waals surface area contributed by atoms with Crippen molar-refractivity contribution in [3.63, 3.8) is 0 Å². The minimum Gasteiger partial charge on any atom is -0.464 e. The first-order valence-electron chi connectivity index (χ1n) is 8.35. The van der Waals surface area contributed by atoms with E-state index in [0.717, 1.165) is 27.7 Å². The quantitative estimate of drug-likeness (QED) is 0.586. The van der Waals surface area contributed by atoms with E-state index in [4.69, 9.17) is 4.74 Å². The van der Waals surface area contributed by atoms with Gasteiger partial charge in [-0.1, -0.05) is 6.07 Å². The fraction of sp³-hybridized carbons (Fsp3) is 0.333. The molecule has 9 heteroatoms. The summed E-state index contributed by atoms with van der Waals surface area (Å²) in [7, 11) is 3.36. The van der Waals surface area contributed by atoms with Crippen molar-refractivity contribution < 1.29 is 19.1 Å². The Bertz CT molecular complexity index is 1050. The van der Waals surface area contributed by atoms with Gasteiger partial charge >= 0.3 is 11.7 Å². The molecule has 1 fully saturated rings. The van der Waals surface area contributed by atoms with Gasteiger partial charge in [-0.05, 0) is 49.4 Å². The predicted octanol–water partition coefficient (Wildman–Crippen LogP) is 1.86. The highest BCUT2D eigenvalue weighted by Crippen LogP contribution is 2.34. The van der Waals surface area contributed by atoms with Crippen LogP contribution >= 0.6 is 11.8 Å². The topological polar surface area (TPSA) is 90.6 Å². The summed E-state index contributed by atoms with van der Waals surface area (Å²) in [5.41, 5.74) is 2.02. The maximum absolute atomic E-state index is 12.6. The molecule has 142 valence electrons. The smallest absolute Gasteiger partial charge is 0.329 e. The average Bonchev–Trinajstić information content (AvgIpc) is 3.03. The lowest BCUT2D eigenvalue weighted by Crippen LogP contribution is -2.42. The average molecular weight is 389 g/mol. The van der Waals surface area contributed by atoms with Gasteiger partial charge in [0.2, 0.25) is 0 Å². The number of nitrogens with zero attached hydrogens (tertiary/aromatic N) is 3. The van der Waals surface area contributed by atoms with Crippen molar-refractivity contribution in [2.45, 2.75) is 19.9 Å². The third-order valence-electron chi connectivity index (χ3n) is 4.43. The summed E-state index contributed by atoms with van der Waals surface area (Å²) in [5, 5.41) is -0.514. The summed E-state index contributed by atoms with van der Waals surface area (Å²) < 4.78 is 7.94. The molecular formula is C18H19N3O5S. The molecule has 1 saturated heterocycles. The molecule has 0 spiro atoms. The van der Waals surface area contributed by atoms with E-state index in [-0.39, 0.29) is 17.2 Å². The molecule has 3 rings (SSSR count). The lowest BCUT2D eigenvalue weighted by molar-refractivity contribution is -0.150. The number of hydrogen-bond donors (Lipinski definition) is 0. The first-order valence-corrected chi connectivity index (χ1v) is 9.17. The minimum absolute atomic E-state index is 0.147. The van der Waals surface area contributed by atoms with E-state index in [0.29, 0.717) is 5.56 Å². The number of ether oxygens (including phenoxy) is 1. The van der Waals surface area contributed by atoms with Crippen molar-refractivity contribution in [3.05, 3.63) is 39.2 Å². The van der Waals surface area contributed by atoms with Gasteiger partial charge < -0.3 is 4.74 Å². The number of carbonyl (C=O) groups excluding carboxylic acids is 3. The van der Waals surface area contributed by atoms with Crippen molar-refractivity contribution in [2.24, 2.45) is 14.1 Å². The fourth-order valence-corrected chi connectivity index (χ4v) is 3.86. The van der Waals surface area contributed by atoms with Gasteiger partial charge in [-0.3, -0.25) is 23.6 Å². The summed E-state index contributed by atoms with van der Waals surface area (Å²) in [5.74, 6) is -1.16. The second kappa shape index (κ2) is 7.07. The van der Waals surface area contributed by atoms with E-state index in [1.807, 2.05) is 0 Å². The summed E-state index contributed by atoms with van der Waals surface area (Å²) in [6, 6.07) is 4.35. The predicted molar refractivity (Wildman–Crippen MR) is 102 cm³/mol. The molecular weight excluding hydrogens is 370 g/mol. The molecule has 1 atom stereocenters. The molecule has 1 unspecified atom stereocenters. The number of imidazole rings is 1. The van der Waals surface area contributed by atoms with Gasteiger partial charge in [-0.15, -0.1) is 0 Å². The number of hydrogen-bond acceptors (Lipinski definition) is 6. The minimum atomic E-state index is -0.985. The third kappa shape index (κ3) is 3.18. The molecule has 27 heavy (non-hydrogen) atoms. The zero-order valence-corrected chi connectivity index (χ0v) is 16.2. The largest absolute Gasteiger partial charge is 0.464 e. The Balaban J connectivity index is 1.94.